The first-order chi connectivity index (χ1) is 5.22. The maximum Gasteiger partial charge on any atom is 0.0777 e. The first kappa shape index (κ1) is 9.53. The van der Waals surface area contributed by atoms with Crippen LogP contribution >= 0.6 is 15.9 Å². The van der Waals surface area contributed by atoms with E-state index in [0.717, 1.165) is 11.2 Å². The van der Waals surface area contributed by atoms with Gasteiger partial charge >= 0.3 is 0 Å². The van der Waals surface area contributed by atoms with Crippen molar-refractivity contribution in [3.63, 3.8) is 0 Å². The molecule has 1 rings (SSSR count). The minimum Gasteiger partial charge on any atom is -0.377 e. The van der Waals surface area contributed by atoms with E-state index in [9.17, 15) is 0 Å². The zero-order chi connectivity index (χ0) is 8.32. The lowest BCUT2D eigenvalue weighted by Crippen LogP contribution is -2.38. The summed E-state index contributed by atoms with van der Waals surface area (Å²) in [5.74, 6) is 0.834. The van der Waals surface area contributed by atoms with Crippen LogP contribution in [0, 0.1) is 5.92 Å². The third-order valence-corrected chi connectivity index (χ3v) is 3.75. The molecule has 0 radical (unpaired) electrons. The van der Waals surface area contributed by atoms with Crippen molar-refractivity contribution < 1.29 is 4.74 Å². The first-order valence-corrected chi connectivity index (χ1v) is 5.46. The van der Waals surface area contributed by atoms with Crippen LogP contribution in [0.2, 0.25) is 0 Å². The molecule has 0 spiro atoms. The SMILES string of the molecule is CO[C@@]1(CBr)CCC[C@@H](C)C1. The van der Waals surface area contributed by atoms with Gasteiger partial charge in [-0.3, -0.25) is 0 Å². The fourth-order valence-corrected chi connectivity index (χ4v) is 2.71. The van der Waals surface area contributed by atoms with E-state index in [2.05, 4.69) is 22.9 Å². The molecule has 1 fully saturated rings. The Hall–Kier alpha value is 0.440. The second-order valence-electron chi connectivity index (χ2n) is 3.72. The highest BCUT2D eigenvalue weighted by molar-refractivity contribution is 9.09. The van der Waals surface area contributed by atoms with Crippen molar-refractivity contribution in [3.05, 3.63) is 0 Å². The summed E-state index contributed by atoms with van der Waals surface area (Å²) in [6.07, 6.45) is 5.13. The predicted molar refractivity (Wildman–Crippen MR) is 51.2 cm³/mol. The molecule has 0 amide bonds. The lowest BCUT2D eigenvalue weighted by atomic mass is 9.80. The Labute approximate surface area is 77.6 Å². The maximum absolute atomic E-state index is 5.55. The highest BCUT2D eigenvalue weighted by atomic mass is 79.9. The molecule has 1 saturated carbocycles. The summed E-state index contributed by atoms with van der Waals surface area (Å²) in [6, 6.07) is 0. The molecule has 2 atom stereocenters. The molecule has 0 aromatic rings. The van der Waals surface area contributed by atoms with Gasteiger partial charge in [-0.2, -0.15) is 0 Å². The van der Waals surface area contributed by atoms with Crippen LogP contribution in [0.25, 0.3) is 0 Å². The summed E-state index contributed by atoms with van der Waals surface area (Å²) < 4.78 is 5.55. The van der Waals surface area contributed by atoms with Crippen LogP contribution in [0.4, 0.5) is 0 Å². The lowest BCUT2D eigenvalue weighted by molar-refractivity contribution is -0.0319. The Morgan fingerprint density at radius 2 is 2.36 bits per heavy atom. The molecule has 1 aliphatic carbocycles. The molecule has 1 nitrogen and oxygen atoms in total. The summed E-state index contributed by atoms with van der Waals surface area (Å²) in [5.41, 5.74) is 0.150. The molecule has 11 heavy (non-hydrogen) atoms. The summed E-state index contributed by atoms with van der Waals surface area (Å²) in [5, 5.41) is 0.987. The van der Waals surface area contributed by atoms with Gasteiger partial charge in [0.15, 0.2) is 0 Å². The van der Waals surface area contributed by atoms with Gasteiger partial charge in [0.2, 0.25) is 0 Å². The number of rotatable bonds is 2. The van der Waals surface area contributed by atoms with Crippen LogP contribution in [0.3, 0.4) is 0 Å². The molecule has 0 unspecified atom stereocenters. The minimum absolute atomic E-state index is 0.150. The third kappa shape index (κ3) is 2.19. The van der Waals surface area contributed by atoms with E-state index in [4.69, 9.17) is 4.74 Å². The van der Waals surface area contributed by atoms with E-state index in [1.54, 1.807) is 0 Å². The Balaban J connectivity index is 2.52. The number of alkyl halides is 1. The fourth-order valence-electron chi connectivity index (χ4n) is 1.97. The summed E-state index contributed by atoms with van der Waals surface area (Å²) in [4.78, 5) is 0. The fraction of sp³-hybridized carbons (Fsp3) is 1.00. The molecule has 1 aliphatic rings. The third-order valence-electron chi connectivity index (χ3n) is 2.73. The normalized spacial score (nSPS) is 39.0. The van der Waals surface area contributed by atoms with Gasteiger partial charge in [0.1, 0.15) is 0 Å². The highest BCUT2D eigenvalue weighted by Crippen LogP contribution is 2.35. The van der Waals surface area contributed by atoms with Crippen molar-refractivity contribution >= 4 is 15.9 Å². The van der Waals surface area contributed by atoms with Crippen LogP contribution in [0.1, 0.15) is 32.6 Å². The van der Waals surface area contributed by atoms with E-state index < -0.39 is 0 Å². The average Bonchev–Trinajstić information content (AvgIpc) is 2.04. The number of ether oxygens (including phenoxy) is 1. The van der Waals surface area contributed by atoms with Gasteiger partial charge in [0.25, 0.3) is 0 Å². The Morgan fingerprint density at radius 3 is 2.73 bits per heavy atom. The van der Waals surface area contributed by atoms with E-state index in [0.29, 0.717) is 0 Å². The topological polar surface area (TPSA) is 9.23 Å². The maximum atomic E-state index is 5.55. The van der Waals surface area contributed by atoms with Crippen LogP contribution in [-0.2, 0) is 4.74 Å². The monoisotopic (exact) mass is 220 g/mol. The van der Waals surface area contributed by atoms with Gasteiger partial charge in [-0.15, -0.1) is 0 Å². The second kappa shape index (κ2) is 3.90. The van der Waals surface area contributed by atoms with Crippen molar-refractivity contribution in [2.75, 3.05) is 12.4 Å². The van der Waals surface area contributed by atoms with Gasteiger partial charge in [-0.25, -0.2) is 0 Å². The molecule has 0 aliphatic heterocycles. The standard InChI is InChI=1S/C9H17BrO/c1-8-4-3-5-9(6-8,7-10)11-2/h8H,3-7H2,1-2H3/t8-,9+/m1/s1. The lowest BCUT2D eigenvalue weighted by Gasteiger charge is -2.37. The first-order valence-electron chi connectivity index (χ1n) is 4.33. The number of hydrogen-bond donors (Lipinski definition) is 0. The molecule has 0 heterocycles. The van der Waals surface area contributed by atoms with Crippen molar-refractivity contribution in [3.8, 4) is 0 Å². The molecule has 0 N–H and O–H groups in total. The van der Waals surface area contributed by atoms with E-state index in [1.165, 1.54) is 25.7 Å². The molecular formula is C9H17BrO. The molecule has 0 aromatic carbocycles. The van der Waals surface area contributed by atoms with Gasteiger partial charge in [0, 0.05) is 12.4 Å². The Kier molecular flexibility index (Phi) is 3.38. The predicted octanol–water partition coefficient (Wildman–Crippen LogP) is 2.98. The van der Waals surface area contributed by atoms with E-state index in [-0.39, 0.29) is 5.60 Å². The quantitative estimate of drug-likeness (QED) is 0.651. The number of halogens is 1. The van der Waals surface area contributed by atoms with Crippen LogP contribution in [0.5, 0.6) is 0 Å². The van der Waals surface area contributed by atoms with Crippen LogP contribution in [-0.4, -0.2) is 18.0 Å². The van der Waals surface area contributed by atoms with Crippen molar-refractivity contribution in [1.29, 1.82) is 0 Å². The van der Waals surface area contributed by atoms with Crippen molar-refractivity contribution in [2.24, 2.45) is 5.92 Å². The summed E-state index contributed by atoms with van der Waals surface area (Å²) >= 11 is 3.53. The number of hydrogen-bond acceptors (Lipinski definition) is 1. The highest BCUT2D eigenvalue weighted by Gasteiger charge is 2.33. The molecular weight excluding hydrogens is 204 g/mol. The Morgan fingerprint density at radius 1 is 1.64 bits per heavy atom. The van der Waals surface area contributed by atoms with Crippen molar-refractivity contribution in [1.82, 2.24) is 0 Å². The molecule has 0 saturated heterocycles. The average molecular weight is 221 g/mol. The van der Waals surface area contributed by atoms with Gasteiger partial charge < -0.3 is 4.74 Å². The molecule has 66 valence electrons. The molecule has 0 aromatic heterocycles. The molecule has 0 bridgehead atoms. The largest absolute Gasteiger partial charge is 0.377 e. The zero-order valence-corrected chi connectivity index (χ0v) is 8.99. The Bertz CT molecular complexity index is 121. The number of methoxy groups -OCH3 is 1. The summed E-state index contributed by atoms with van der Waals surface area (Å²) in [6.45, 7) is 2.32. The second-order valence-corrected chi connectivity index (χ2v) is 4.28. The molecule has 2 heteroatoms. The van der Waals surface area contributed by atoms with Crippen LogP contribution in [0.15, 0.2) is 0 Å². The summed E-state index contributed by atoms with van der Waals surface area (Å²) in [7, 11) is 1.83. The zero-order valence-electron chi connectivity index (χ0n) is 7.40. The smallest absolute Gasteiger partial charge is 0.0777 e. The van der Waals surface area contributed by atoms with E-state index in [1.807, 2.05) is 7.11 Å². The van der Waals surface area contributed by atoms with E-state index >= 15 is 0 Å². The van der Waals surface area contributed by atoms with Gasteiger partial charge in [-0.05, 0) is 18.8 Å². The van der Waals surface area contributed by atoms with Crippen LogP contribution < -0.4 is 0 Å². The van der Waals surface area contributed by atoms with Gasteiger partial charge in [0.05, 0.1) is 5.60 Å². The van der Waals surface area contributed by atoms with Crippen molar-refractivity contribution in [2.45, 2.75) is 38.2 Å². The van der Waals surface area contributed by atoms with Gasteiger partial charge in [-0.1, -0.05) is 35.7 Å². The minimum atomic E-state index is 0.150.